The molecule has 13 heavy (non-hydrogen) atoms. The van der Waals surface area contributed by atoms with Crippen LogP contribution in [0.3, 0.4) is 0 Å². The van der Waals surface area contributed by atoms with Crippen molar-refractivity contribution in [3.05, 3.63) is 0 Å². The summed E-state index contributed by atoms with van der Waals surface area (Å²) >= 11 is 0. The molecule has 0 aromatic rings. The number of carbonyl (C=O) groups excluding carboxylic acids is 2. The number of likely N-dealkylation sites (N-methyl/N-ethyl adjacent to an activating group) is 1. The van der Waals surface area contributed by atoms with Crippen molar-refractivity contribution in [1.82, 2.24) is 10.2 Å². The second-order valence-corrected chi connectivity index (χ2v) is 2.80. The van der Waals surface area contributed by atoms with Crippen LogP contribution < -0.4 is 5.32 Å². The van der Waals surface area contributed by atoms with Gasteiger partial charge < -0.3 is 10.1 Å². The molecule has 0 spiro atoms. The Kier molecular flexibility index (Phi) is 5.88. The normalized spacial score (nSPS) is 9.85. The zero-order valence-electron chi connectivity index (χ0n) is 8.29. The van der Waals surface area contributed by atoms with Gasteiger partial charge in [0.2, 0.25) is 5.91 Å². The molecule has 0 saturated carbocycles. The summed E-state index contributed by atoms with van der Waals surface area (Å²) in [7, 11) is 3.14. The second-order valence-electron chi connectivity index (χ2n) is 2.80. The third-order valence-electron chi connectivity index (χ3n) is 1.49. The molecule has 0 atom stereocenters. The summed E-state index contributed by atoms with van der Waals surface area (Å²) in [5.41, 5.74) is 0. The van der Waals surface area contributed by atoms with Crippen molar-refractivity contribution >= 4 is 11.9 Å². The van der Waals surface area contributed by atoms with Crippen LogP contribution in [0.25, 0.3) is 0 Å². The standard InChI is InChI=1S/C8H16N2O3/c1-7(11)9-4-5-10(2)6-8(12)13-3/h4-6H2,1-3H3,(H,9,11). The van der Waals surface area contributed by atoms with Gasteiger partial charge in [0.05, 0.1) is 13.7 Å². The number of carbonyl (C=O) groups is 2. The lowest BCUT2D eigenvalue weighted by Gasteiger charge is -2.14. The molecule has 5 heteroatoms. The Morgan fingerprint density at radius 1 is 1.46 bits per heavy atom. The summed E-state index contributed by atoms with van der Waals surface area (Å²) in [5, 5.41) is 2.63. The number of hydrogen-bond donors (Lipinski definition) is 1. The minimum atomic E-state index is -0.273. The minimum Gasteiger partial charge on any atom is -0.468 e. The van der Waals surface area contributed by atoms with Crippen LogP contribution >= 0.6 is 0 Å². The lowest BCUT2D eigenvalue weighted by molar-refractivity contribution is -0.141. The first-order chi connectivity index (χ1) is 6.06. The molecule has 5 nitrogen and oxygen atoms in total. The van der Waals surface area contributed by atoms with Gasteiger partial charge in [-0.3, -0.25) is 14.5 Å². The van der Waals surface area contributed by atoms with E-state index in [-0.39, 0.29) is 18.4 Å². The van der Waals surface area contributed by atoms with E-state index in [4.69, 9.17) is 0 Å². The Bertz CT molecular complexity index is 182. The van der Waals surface area contributed by atoms with Crippen molar-refractivity contribution in [2.45, 2.75) is 6.92 Å². The van der Waals surface area contributed by atoms with Gasteiger partial charge in [-0.1, -0.05) is 0 Å². The van der Waals surface area contributed by atoms with Gasteiger partial charge in [0.25, 0.3) is 0 Å². The van der Waals surface area contributed by atoms with Crippen LogP contribution in [0.1, 0.15) is 6.92 Å². The van der Waals surface area contributed by atoms with Gasteiger partial charge in [0.1, 0.15) is 0 Å². The first kappa shape index (κ1) is 11.9. The van der Waals surface area contributed by atoms with Crippen molar-refractivity contribution in [3.8, 4) is 0 Å². The van der Waals surface area contributed by atoms with E-state index in [1.165, 1.54) is 14.0 Å². The molecule has 1 amide bonds. The first-order valence-corrected chi connectivity index (χ1v) is 4.06. The van der Waals surface area contributed by atoms with Crippen molar-refractivity contribution < 1.29 is 14.3 Å². The fourth-order valence-corrected chi connectivity index (χ4v) is 0.787. The molecular formula is C8H16N2O3. The number of amides is 1. The van der Waals surface area contributed by atoms with E-state index >= 15 is 0 Å². The molecular weight excluding hydrogens is 172 g/mol. The highest BCUT2D eigenvalue weighted by Gasteiger charge is 2.05. The third kappa shape index (κ3) is 7.27. The summed E-state index contributed by atoms with van der Waals surface area (Å²) in [6.45, 7) is 2.88. The molecule has 0 aromatic carbocycles. The quantitative estimate of drug-likeness (QED) is 0.575. The summed E-state index contributed by atoms with van der Waals surface area (Å²) in [5.74, 6) is -0.336. The van der Waals surface area contributed by atoms with Crippen molar-refractivity contribution in [2.75, 3.05) is 33.8 Å². The van der Waals surface area contributed by atoms with E-state index in [9.17, 15) is 9.59 Å². The maximum Gasteiger partial charge on any atom is 0.319 e. The lowest BCUT2D eigenvalue weighted by Crippen LogP contribution is -2.34. The maximum atomic E-state index is 10.8. The van der Waals surface area contributed by atoms with Gasteiger partial charge in [-0.05, 0) is 7.05 Å². The molecule has 0 aromatic heterocycles. The SMILES string of the molecule is COC(=O)CN(C)CCNC(C)=O. The molecule has 0 bridgehead atoms. The molecule has 0 heterocycles. The predicted molar refractivity (Wildman–Crippen MR) is 48.2 cm³/mol. The summed E-state index contributed by atoms with van der Waals surface area (Å²) in [4.78, 5) is 23.0. The number of nitrogens with one attached hydrogen (secondary N) is 1. The summed E-state index contributed by atoms with van der Waals surface area (Å²) < 4.78 is 4.48. The fourth-order valence-electron chi connectivity index (χ4n) is 0.787. The van der Waals surface area contributed by atoms with Gasteiger partial charge in [0, 0.05) is 20.0 Å². The van der Waals surface area contributed by atoms with Gasteiger partial charge in [0.15, 0.2) is 0 Å². The van der Waals surface area contributed by atoms with Crippen molar-refractivity contribution in [2.24, 2.45) is 0 Å². The van der Waals surface area contributed by atoms with Crippen LogP contribution in [0.2, 0.25) is 0 Å². The minimum absolute atomic E-state index is 0.0635. The molecule has 1 N–H and O–H groups in total. The van der Waals surface area contributed by atoms with E-state index in [0.717, 1.165) is 0 Å². The number of hydrogen-bond acceptors (Lipinski definition) is 4. The lowest BCUT2D eigenvalue weighted by atomic mass is 10.5. The Morgan fingerprint density at radius 2 is 2.08 bits per heavy atom. The van der Waals surface area contributed by atoms with Gasteiger partial charge in [-0.25, -0.2) is 0 Å². The van der Waals surface area contributed by atoms with E-state index in [0.29, 0.717) is 13.1 Å². The van der Waals surface area contributed by atoms with E-state index in [1.54, 1.807) is 11.9 Å². The number of rotatable bonds is 5. The Morgan fingerprint density at radius 3 is 2.54 bits per heavy atom. The molecule has 0 saturated heterocycles. The highest BCUT2D eigenvalue weighted by molar-refractivity contribution is 5.73. The predicted octanol–water partition coefficient (Wildman–Crippen LogP) is -0.773. The number of methoxy groups -OCH3 is 1. The molecule has 0 rings (SSSR count). The number of ether oxygens (including phenoxy) is 1. The van der Waals surface area contributed by atoms with Crippen LogP contribution in [-0.4, -0.2) is 50.6 Å². The molecule has 0 unspecified atom stereocenters. The molecule has 0 fully saturated rings. The Balaban J connectivity index is 3.45. The van der Waals surface area contributed by atoms with Crippen LogP contribution in [0, 0.1) is 0 Å². The second kappa shape index (κ2) is 6.42. The van der Waals surface area contributed by atoms with Crippen molar-refractivity contribution in [1.29, 1.82) is 0 Å². The molecule has 76 valence electrons. The highest BCUT2D eigenvalue weighted by atomic mass is 16.5. The largest absolute Gasteiger partial charge is 0.468 e. The van der Waals surface area contributed by atoms with Crippen LogP contribution in [0.4, 0.5) is 0 Å². The van der Waals surface area contributed by atoms with E-state index < -0.39 is 0 Å². The molecule has 0 aliphatic rings. The fraction of sp³-hybridized carbons (Fsp3) is 0.750. The number of nitrogens with zero attached hydrogens (tertiary/aromatic N) is 1. The molecule has 0 aliphatic carbocycles. The Hall–Kier alpha value is -1.10. The summed E-state index contributed by atoms with van der Waals surface area (Å²) in [6.07, 6.45) is 0. The van der Waals surface area contributed by atoms with E-state index in [1.807, 2.05) is 0 Å². The van der Waals surface area contributed by atoms with Crippen LogP contribution in [0.5, 0.6) is 0 Å². The number of esters is 1. The van der Waals surface area contributed by atoms with Gasteiger partial charge >= 0.3 is 5.97 Å². The van der Waals surface area contributed by atoms with Gasteiger partial charge in [-0.2, -0.15) is 0 Å². The van der Waals surface area contributed by atoms with Crippen molar-refractivity contribution in [3.63, 3.8) is 0 Å². The average Bonchev–Trinajstić information content (AvgIpc) is 2.03. The smallest absolute Gasteiger partial charge is 0.319 e. The Labute approximate surface area is 78.0 Å². The third-order valence-corrected chi connectivity index (χ3v) is 1.49. The molecule has 0 aliphatic heterocycles. The monoisotopic (exact) mass is 188 g/mol. The highest BCUT2D eigenvalue weighted by Crippen LogP contribution is 1.82. The average molecular weight is 188 g/mol. The zero-order valence-corrected chi connectivity index (χ0v) is 8.29. The topological polar surface area (TPSA) is 58.6 Å². The summed E-state index contributed by atoms with van der Waals surface area (Å²) in [6, 6.07) is 0. The van der Waals surface area contributed by atoms with Gasteiger partial charge in [-0.15, -0.1) is 0 Å². The first-order valence-electron chi connectivity index (χ1n) is 4.06. The van der Waals surface area contributed by atoms with Crippen LogP contribution in [0.15, 0.2) is 0 Å². The van der Waals surface area contributed by atoms with E-state index in [2.05, 4.69) is 10.1 Å². The maximum absolute atomic E-state index is 10.8. The molecule has 0 radical (unpaired) electrons. The zero-order chi connectivity index (χ0) is 10.3. The van der Waals surface area contributed by atoms with Crippen LogP contribution in [-0.2, 0) is 14.3 Å².